The van der Waals surface area contributed by atoms with Gasteiger partial charge in [-0.05, 0) is 12.0 Å². The highest BCUT2D eigenvalue weighted by Crippen LogP contribution is 2.07. The fourth-order valence-electron chi connectivity index (χ4n) is 2.24. The molecule has 0 radical (unpaired) electrons. The molecule has 0 amide bonds. The lowest BCUT2D eigenvalue weighted by atomic mass is 10.1. The average Bonchev–Trinajstić information content (AvgIpc) is 2.56. The van der Waals surface area contributed by atoms with Gasteiger partial charge in [0.25, 0.3) is 5.56 Å². The Balaban J connectivity index is 2.41. The molecule has 2 aromatic rings. The highest BCUT2D eigenvalue weighted by molar-refractivity contribution is 7.89. The van der Waals surface area contributed by atoms with Crippen LogP contribution in [0.1, 0.15) is 5.56 Å². The van der Waals surface area contributed by atoms with Gasteiger partial charge in [0.2, 0.25) is 10.0 Å². The molecule has 2 N–H and O–H groups in total. The van der Waals surface area contributed by atoms with E-state index < -0.39 is 38.2 Å². The van der Waals surface area contributed by atoms with Gasteiger partial charge in [-0.1, -0.05) is 30.3 Å². The summed E-state index contributed by atoms with van der Waals surface area (Å²) < 4.78 is 28.5. The number of aliphatic carboxylic acids is 1. The van der Waals surface area contributed by atoms with Gasteiger partial charge in [-0.15, -0.1) is 0 Å². The van der Waals surface area contributed by atoms with Crippen molar-refractivity contribution < 1.29 is 18.3 Å². The van der Waals surface area contributed by atoms with E-state index in [0.717, 1.165) is 17.8 Å². The Labute approximate surface area is 143 Å². The van der Waals surface area contributed by atoms with Crippen LogP contribution < -0.4 is 16.0 Å². The fourth-order valence-corrected chi connectivity index (χ4v) is 3.59. The molecule has 0 spiro atoms. The molecule has 1 atom stereocenters. The summed E-state index contributed by atoms with van der Waals surface area (Å²) in [6, 6.07) is 7.01. The minimum absolute atomic E-state index is 0.0958. The van der Waals surface area contributed by atoms with E-state index in [1.807, 2.05) is 4.72 Å². The molecule has 134 valence electrons. The van der Waals surface area contributed by atoms with Crippen molar-refractivity contribution in [1.82, 2.24) is 13.9 Å². The highest BCUT2D eigenvalue weighted by atomic mass is 32.2. The van der Waals surface area contributed by atoms with Crippen LogP contribution in [0.15, 0.2) is 51.0 Å². The molecule has 2 rings (SSSR count). The zero-order valence-corrected chi connectivity index (χ0v) is 14.4. The summed E-state index contributed by atoms with van der Waals surface area (Å²) in [5, 5.41) is 9.30. The van der Waals surface area contributed by atoms with Gasteiger partial charge in [0.05, 0.1) is 0 Å². The van der Waals surface area contributed by atoms with Crippen LogP contribution in [0.3, 0.4) is 0 Å². The highest BCUT2D eigenvalue weighted by Gasteiger charge is 2.28. The van der Waals surface area contributed by atoms with Crippen molar-refractivity contribution >= 4 is 16.0 Å². The SMILES string of the molecule is Cn1cc(S(=O)(=O)N[C@@H](Cc2ccccc2)C(=O)O)c(=O)n(C)c1=O. The van der Waals surface area contributed by atoms with E-state index >= 15 is 0 Å². The van der Waals surface area contributed by atoms with Crippen LogP contribution in [0.4, 0.5) is 0 Å². The monoisotopic (exact) mass is 367 g/mol. The molecule has 1 aromatic carbocycles. The van der Waals surface area contributed by atoms with Crippen molar-refractivity contribution in [2.24, 2.45) is 14.1 Å². The lowest BCUT2D eigenvalue weighted by Crippen LogP contribution is -2.46. The second-order valence-electron chi connectivity index (χ2n) is 5.45. The Hall–Kier alpha value is -2.72. The summed E-state index contributed by atoms with van der Waals surface area (Å²) in [4.78, 5) is 34.5. The molecule has 0 saturated carbocycles. The van der Waals surface area contributed by atoms with Crippen molar-refractivity contribution in [2.75, 3.05) is 0 Å². The number of carbonyl (C=O) groups is 1. The first kappa shape index (κ1) is 18.6. The first-order valence-electron chi connectivity index (χ1n) is 7.19. The summed E-state index contributed by atoms with van der Waals surface area (Å²) in [6.07, 6.45) is 0.774. The van der Waals surface area contributed by atoms with Gasteiger partial charge in [0.15, 0.2) is 4.90 Å². The molecule has 1 heterocycles. The minimum Gasteiger partial charge on any atom is -0.480 e. The maximum atomic E-state index is 12.5. The third-order valence-corrected chi connectivity index (χ3v) is 5.04. The van der Waals surface area contributed by atoms with Gasteiger partial charge in [-0.3, -0.25) is 14.2 Å². The Morgan fingerprint density at radius 2 is 1.80 bits per heavy atom. The van der Waals surface area contributed by atoms with Crippen LogP contribution in [-0.4, -0.2) is 34.7 Å². The zero-order valence-electron chi connectivity index (χ0n) is 13.5. The third-order valence-electron chi connectivity index (χ3n) is 3.58. The number of nitrogens with zero attached hydrogens (tertiary/aromatic N) is 2. The topological polar surface area (TPSA) is 127 Å². The van der Waals surface area contributed by atoms with Crippen LogP contribution in [0.5, 0.6) is 0 Å². The summed E-state index contributed by atoms with van der Waals surface area (Å²) in [7, 11) is -2.01. The largest absolute Gasteiger partial charge is 0.480 e. The summed E-state index contributed by atoms with van der Waals surface area (Å²) >= 11 is 0. The quantitative estimate of drug-likeness (QED) is 0.678. The maximum Gasteiger partial charge on any atom is 0.330 e. The van der Waals surface area contributed by atoms with Crippen LogP contribution in [-0.2, 0) is 35.3 Å². The van der Waals surface area contributed by atoms with Gasteiger partial charge in [0.1, 0.15) is 6.04 Å². The molecule has 25 heavy (non-hydrogen) atoms. The van der Waals surface area contributed by atoms with E-state index in [1.54, 1.807) is 30.3 Å². The van der Waals surface area contributed by atoms with E-state index in [1.165, 1.54) is 7.05 Å². The van der Waals surface area contributed by atoms with E-state index in [-0.39, 0.29) is 6.42 Å². The number of aromatic nitrogens is 2. The van der Waals surface area contributed by atoms with Gasteiger partial charge in [0, 0.05) is 20.3 Å². The third kappa shape index (κ3) is 4.03. The second-order valence-corrected chi connectivity index (χ2v) is 7.14. The minimum atomic E-state index is -4.44. The lowest BCUT2D eigenvalue weighted by Gasteiger charge is -2.15. The van der Waals surface area contributed by atoms with E-state index in [2.05, 4.69) is 0 Å². The van der Waals surface area contributed by atoms with Crippen molar-refractivity contribution in [3.8, 4) is 0 Å². The molecule has 0 aliphatic carbocycles. The number of sulfonamides is 1. The summed E-state index contributed by atoms with van der Waals surface area (Å²) in [6.45, 7) is 0. The number of carboxylic acids is 1. The predicted molar refractivity (Wildman–Crippen MR) is 88.8 cm³/mol. The molecule has 0 fully saturated rings. The lowest BCUT2D eigenvalue weighted by molar-refractivity contribution is -0.138. The molecule has 9 nitrogen and oxygen atoms in total. The Morgan fingerprint density at radius 3 is 2.36 bits per heavy atom. The number of hydrogen-bond acceptors (Lipinski definition) is 5. The Kier molecular flexibility index (Phi) is 5.24. The molecule has 0 aliphatic rings. The molecular formula is C15H17N3O6S. The average molecular weight is 367 g/mol. The number of rotatable bonds is 6. The normalized spacial score (nSPS) is 12.7. The van der Waals surface area contributed by atoms with Gasteiger partial charge in [-0.25, -0.2) is 13.2 Å². The van der Waals surface area contributed by atoms with Crippen LogP contribution in [0, 0.1) is 0 Å². The molecule has 0 unspecified atom stereocenters. The molecule has 1 aromatic heterocycles. The van der Waals surface area contributed by atoms with Crippen LogP contribution in [0.25, 0.3) is 0 Å². The van der Waals surface area contributed by atoms with E-state index in [0.29, 0.717) is 10.1 Å². The van der Waals surface area contributed by atoms with Gasteiger partial charge in [-0.2, -0.15) is 4.72 Å². The first-order chi connectivity index (χ1) is 11.6. The number of nitrogens with one attached hydrogen (secondary N) is 1. The standard InChI is InChI=1S/C15H17N3O6S/c1-17-9-12(13(19)18(2)15(17)22)25(23,24)16-11(14(20)21)8-10-6-4-3-5-7-10/h3-7,9,11,16H,8H2,1-2H3,(H,20,21)/t11-/m0/s1. The predicted octanol–water partition coefficient (Wildman–Crippen LogP) is -0.942. The zero-order chi connectivity index (χ0) is 18.8. The second kappa shape index (κ2) is 7.03. The van der Waals surface area contributed by atoms with Crippen LogP contribution >= 0.6 is 0 Å². The summed E-state index contributed by atoms with van der Waals surface area (Å²) in [5.41, 5.74) is -1.10. The number of hydrogen-bond donors (Lipinski definition) is 2. The van der Waals surface area contributed by atoms with E-state index in [9.17, 15) is 27.9 Å². The fraction of sp³-hybridized carbons (Fsp3) is 0.267. The molecule has 0 saturated heterocycles. The number of benzene rings is 1. The van der Waals surface area contributed by atoms with Gasteiger partial charge < -0.3 is 9.67 Å². The maximum absolute atomic E-state index is 12.5. The van der Waals surface area contributed by atoms with Crippen LogP contribution in [0.2, 0.25) is 0 Å². The Morgan fingerprint density at radius 1 is 1.20 bits per heavy atom. The van der Waals surface area contributed by atoms with Crippen molar-refractivity contribution in [3.63, 3.8) is 0 Å². The summed E-state index contributed by atoms with van der Waals surface area (Å²) in [5.74, 6) is -1.38. The van der Waals surface area contributed by atoms with Crippen molar-refractivity contribution in [1.29, 1.82) is 0 Å². The smallest absolute Gasteiger partial charge is 0.330 e. The first-order valence-corrected chi connectivity index (χ1v) is 8.67. The Bertz CT molecular complexity index is 1010. The molecule has 0 bridgehead atoms. The molecular weight excluding hydrogens is 350 g/mol. The van der Waals surface area contributed by atoms with E-state index in [4.69, 9.17) is 0 Å². The molecule has 10 heteroatoms. The van der Waals surface area contributed by atoms with Crippen molar-refractivity contribution in [3.05, 3.63) is 62.9 Å². The molecule has 0 aliphatic heterocycles. The van der Waals surface area contributed by atoms with Gasteiger partial charge >= 0.3 is 11.7 Å². The number of carboxylic acid groups (broad SMARTS) is 1. The van der Waals surface area contributed by atoms with Crippen molar-refractivity contribution in [2.45, 2.75) is 17.4 Å². The number of aryl methyl sites for hydroxylation is 1.